The molecule has 4 heteroatoms. The minimum atomic E-state index is 0.331. The SMILES string of the molecule is COc1cc(OC)cc(C2CNCCN2)c1. The number of piperazine rings is 1. The molecule has 0 saturated carbocycles. The quantitative estimate of drug-likeness (QED) is 0.798. The van der Waals surface area contributed by atoms with Crippen molar-refractivity contribution in [2.75, 3.05) is 33.9 Å². The summed E-state index contributed by atoms with van der Waals surface area (Å²) in [4.78, 5) is 0. The van der Waals surface area contributed by atoms with Crippen LogP contribution in [0.1, 0.15) is 11.6 Å². The maximum absolute atomic E-state index is 5.26. The van der Waals surface area contributed by atoms with Crippen LogP contribution in [0.3, 0.4) is 0 Å². The molecule has 88 valence electrons. The van der Waals surface area contributed by atoms with Gasteiger partial charge in [0.2, 0.25) is 0 Å². The van der Waals surface area contributed by atoms with Crippen molar-refractivity contribution in [1.82, 2.24) is 10.6 Å². The van der Waals surface area contributed by atoms with Crippen molar-refractivity contribution in [3.8, 4) is 11.5 Å². The Morgan fingerprint density at radius 3 is 2.25 bits per heavy atom. The standard InChI is InChI=1S/C12H18N2O2/c1-15-10-5-9(6-11(7-10)16-2)12-8-13-3-4-14-12/h5-7,12-14H,3-4,8H2,1-2H3. The van der Waals surface area contributed by atoms with E-state index in [-0.39, 0.29) is 0 Å². The van der Waals surface area contributed by atoms with E-state index in [1.807, 2.05) is 18.2 Å². The van der Waals surface area contributed by atoms with Gasteiger partial charge < -0.3 is 20.1 Å². The largest absolute Gasteiger partial charge is 0.497 e. The average molecular weight is 222 g/mol. The summed E-state index contributed by atoms with van der Waals surface area (Å²) in [5, 5.41) is 6.83. The third-order valence-electron chi connectivity index (χ3n) is 2.82. The Bertz CT molecular complexity index is 327. The molecule has 1 unspecified atom stereocenters. The van der Waals surface area contributed by atoms with Gasteiger partial charge in [-0.3, -0.25) is 0 Å². The molecule has 2 N–H and O–H groups in total. The first-order chi connectivity index (χ1) is 7.83. The smallest absolute Gasteiger partial charge is 0.122 e. The monoisotopic (exact) mass is 222 g/mol. The van der Waals surface area contributed by atoms with Crippen LogP contribution in [-0.4, -0.2) is 33.9 Å². The van der Waals surface area contributed by atoms with Crippen LogP contribution < -0.4 is 20.1 Å². The molecule has 0 aliphatic carbocycles. The first-order valence-corrected chi connectivity index (χ1v) is 5.50. The number of methoxy groups -OCH3 is 2. The van der Waals surface area contributed by atoms with Gasteiger partial charge in [-0.25, -0.2) is 0 Å². The van der Waals surface area contributed by atoms with Crippen LogP contribution >= 0.6 is 0 Å². The molecule has 1 fully saturated rings. The second kappa shape index (κ2) is 5.18. The van der Waals surface area contributed by atoms with E-state index >= 15 is 0 Å². The van der Waals surface area contributed by atoms with Gasteiger partial charge in [0.1, 0.15) is 11.5 Å². The van der Waals surface area contributed by atoms with Crippen molar-refractivity contribution >= 4 is 0 Å². The highest BCUT2D eigenvalue weighted by molar-refractivity contribution is 5.40. The van der Waals surface area contributed by atoms with Gasteiger partial charge in [-0.15, -0.1) is 0 Å². The normalized spacial score (nSPS) is 20.5. The van der Waals surface area contributed by atoms with E-state index < -0.39 is 0 Å². The lowest BCUT2D eigenvalue weighted by Gasteiger charge is -2.25. The van der Waals surface area contributed by atoms with E-state index in [9.17, 15) is 0 Å². The molecular formula is C12H18N2O2. The maximum Gasteiger partial charge on any atom is 0.122 e. The van der Waals surface area contributed by atoms with Gasteiger partial charge in [0.25, 0.3) is 0 Å². The Balaban J connectivity index is 2.24. The Kier molecular flexibility index (Phi) is 3.64. The molecule has 0 spiro atoms. The van der Waals surface area contributed by atoms with E-state index in [2.05, 4.69) is 10.6 Å². The van der Waals surface area contributed by atoms with Crippen molar-refractivity contribution < 1.29 is 9.47 Å². The number of ether oxygens (including phenoxy) is 2. The van der Waals surface area contributed by atoms with Crippen molar-refractivity contribution in [3.63, 3.8) is 0 Å². The minimum Gasteiger partial charge on any atom is -0.497 e. The molecule has 0 radical (unpaired) electrons. The van der Waals surface area contributed by atoms with Gasteiger partial charge in [0.15, 0.2) is 0 Å². The summed E-state index contributed by atoms with van der Waals surface area (Å²) >= 11 is 0. The van der Waals surface area contributed by atoms with Crippen LogP contribution in [0.2, 0.25) is 0 Å². The molecular weight excluding hydrogens is 204 g/mol. The lowest BCUT2D eigenvalue weighted by molar-refractivity contribution is 0.387. The number of rotatable bonds is 3. The molecule has 0 bridgehead atoms. The van der Waals surface area contributed by atoms with E-state index in [4.69, 9.17) is 9.47 Å². The zero-order valence-corrected chi connectivity index (χ0v) is 9.75. The number of hydrogen-bond donors (Lipinski definition) is 2. The van der Waals surface area contributed by atoms with Crippen LogP contribution in [0.15, 0.2) is 18.2 Å². The van der Waals surface area contributed by atoms with E-state index in [1.165, 1.54) is 5.56 Å². The van der Waals surface area contributed by atoms with Crippen molar-refractivity contribution in [2.24, 2.45) is 0 Å². The maximum atomic E-state index is 5.26. The summed E-state index contributed by atoms with van der Waals surface area (Å²) in [6, 6.07) is 6.32. The molecule has 1 saturated heterocycles. The fourth-order valence-corrected chi connectivity index (χ4v) is 1.92. The van der Waals surface area contributed by atoms with Gasteiger partial charge in [-0.05, 0) is 17.7 Å². The van der Waals surface area contributed by atoms with Gasteiger partial charge in [0, 0.05) is 31.7 Å². The number of nitrogens with one attached hydrogen (secondary N) is 2. The summed E-state index contributed by atoms with van der Waals surface area (Å²) in [5.74, 6) is 1.67. The van der Waals surface area contributed by atoms with Crippen molar-refractivity contribution in [1.29, 1.82) is 0 Å². The molecule has 1 aromatic rings. The molecule has 1 atom stereocenters. The van der Waals surface area contributed by atoms with E-state index in [0.29, 0.717) is 6.04 Å². The predicted molar refractivity (Wildman–Crippen MR) is 63.2 cm³/mol. The summed E-state index contributed by atoms with van der Waals surface area (Å²) in [5.41, 5.74) is 1.20. The van der Waals surface area contributed by atoms with Gasteiger partial charge in [-0.2, -0.15) is 0 Å². The van der Waals surface area contributed by atoms with Crippen LogP contribution in [0.5, 0.6) is 11.5 Å². The lowest BCUT2D eigenvalue weighted by atomic mass is 10.0. The average Bonchev–Trinajstić information content (AvgIpc) is 2.39. The van der Waals surface area contributed by atoms with Crippen molar-refractivity contribution in [3.05, 3.63) is 23.8 Å². The van der Waals surface area contributed by atoms with Crippen LogP contribution in [-0.2, 0) is 0 Å². The molecule has 0 amide bonds. The summed E-state index contributed by atoms with van der Waals surface area (Å²) in [7, 11) is 3.34. The molecule has 2 rings (SSSR count). The van der Waals surface area contributed by atoms with Crippen LogP contribution in [0, 0.1) is 0 Å². The third kappa shape index (κ3) is 2.46. The number of benzene rings is 1. The fourth-order valence-electron chi connectivity index (χ4n) is 1.92. The Morgan fingerprint density at radius 1 is 1.06 bits per heavy atom. The zero-order valence-electron chi connectivity index (χ0n) is 9.75. The molecule has 1 aliphatic rings. The minimum absolute atomic E-state index is 0.331. The Hall–Kier alpha value is -1.26. The van der Waals surface area contributed by atoms with E-state index in [1.54, 1.807) is 14.2 Å². The zero-order chi connectivity index (χ0) is 11.4. The molecule has 1 heterocycles. The third-order valence-corrected chi connectivity index (χ3v) is 2.82. The Morgan fingerprint density at radius 2 is 1.75 bits per heavy atom. The Labute approximate surface area is 95.9 Å². The summed E-state index contributed by atoms with van der Waals surface area (Å²) in [6.45, 7) is 2.96. The topological polar surface area (TPSA) is 42.5 Å². The predicted octanol–water partition coefficient (Wildman–Crippen LogP) is 0.938. The summed E-state index contributed by atoms with van der Waals surface area (Å²) < 4.78 is 10.5. The second-order valence-corrected chi connectivity index (χ2v) is 3.86. The fraction of sp³-hybridized carbons (Fsp3) is 0.500. The molecule has 1 aromatic carbocycles. The van der Waals surface area contributed by atoms with Crippen LogP contribution in [0.25, 0.3) is 0 Å². The van der Waals surface area contributed by atoms with Crippen molar-refractivity contribution in [2.45, 2.75) is 6.04 Å². The molecule has 1 aliphatic heterocycles. The highest BCUT2D eigenvalue weighted by atomic mass is 16.5. The first kappa shape index (κ1) is 11.2. The molecule has 4 nitrogen and oxygen atoms in total. The highest BCUT2D eigenvalue weighted by Gasteiger charge is 2.15. The van der Waals surface area contributed by atoms with Gasteiger partial charge in [-0.1, -0.05) is 0 Å². The first-order valence-electron chi connectivity index (χ1n) is 5.50. The molecule has 0 aromatic heterocycles. The van der Waals surface area contributed by atoms with Gasteiger partial charge >= 0.3 is 0 Å². The van der Waals surface area contributed by atoms with Crippen LogP contribution in [0.4, 0.5) is 0 Å². The highest BCUT2D eigenvalue weighted by Crippen LogP contribution is 2.26. The lowest BCUT2D eigenvalue weighted by Crippen LogP contribution is -2.42. The molecule has 16 heavy (non-hydrogen) atoms. The second-order valence-electron chi connectivity index (χ2n) is 3.86. The van der Waals surface area contributed by atoms with E-state index in [0.717, 1.165) is 31.1 Å². The summed E-state index contributed by atoms with van der Waals surface area (Å²) in [6.07, 6.45) is 0. The van der Waals surface area contributed by atoms with Gasteiger partial charge in [0.05, 0.1) is 14.2 Å². The number of hydrogen-bond acceptors (Lipinski definition) is 4.